The van der Waals surface area contributed by atoms with E-state index in [2.05, 4.69) is 24.4 Å². The third-order valence-electron chi connectivity index (χ3n) is 5.34. The van der Waals surface area contributed by atoms with E-state index >= 15 is 0 Å². The van der Waals surface area contributed by atoms with Gasteiger partial charge in [0.15, 0.2) is 0 Å². The number of benzene rings is 1. The zero-order chi connectivity index (χ0) is 13.3. The first kappa shape index (κ1) is 13.5. The Labute approximate surface area is 121 Å². The van der Waals surface area contributed by atoms with Crippen LogP contribution in [0, 0.1) is 5.41 Å². The molecule has 0 saturated heterocycles. The highest BCUT2D eigenvalue weighted by atomic mass is 35.5. The Morgan fingerprint density at radius 1 is 1.11 bits per heavy atom. The Kier molecular flexibility index (Phi) is 3.86. The fraction of sp³-hybridized carbons (Fsp3) is 0.647. The molecule has 1 aromatic carbocycles. The summed E-state index contributed by atoms with van der Waals surface area (Å²) in [6.07, 6.45) is 10.0. The molecule has 2 aliphatic carbocycles. The Bertz CT molecular complexity index is 419. The Morgan fingerprint density at radius 3 is 2.37 bits per heavy atom. The van der Waals surface area contributed by atoms with Gasteiger partial charge in [0.2, 0.25) is 0 Å². The van der Waals surface area contributed by atoms with Crippen molar-refractivity contribution < 1.29 is 0 Å². The van der Waals surface area contributed by atoms with Crippen molar-refractivity contribution in [2.75, 3.05) is 0 Å². The molecule has 0 aliphatic heterocycles. The fourth-order valence-electron chi connectivity index (χ4n) is 3.96. The second-order valence-electron chi connectivity index (χ2n) is 6.45. The largest absolute Gasteiger partial charge is 0.307 e. The zero-order valence-electron chi connectivity index (χ0n) is 11.8. The van der Waals surface area contributed by atoms with Crippen LogP contribution in [-0.4, -0.2) is 6.04 Å². The molecule has 1 N–H and O–H groups in total. The first-order valence-electron chi connectivity index (χ1n) is 7.71. The Balaban J connectivity index is 1.63. The summed E-state index contributed by atoms with van der Waals surface area (Å²) >= 11 is 5.96. The van der Waals surface area contributed by atoms with Gasteiger partial charge in [-0.3, -0.25) is 0 Å². The summed E-state index contributed by atoms with van der Waals surface area (Å²) in [7, 11) is 0. The van der Waals surface area contributed by atoms with E-state index in [0.29, 0.717) is 11.5 Å². The van der Waals surface area contributed by atoms with Gasteiger partial charge in [0.05, 0.1) is 0 Å². The van der Waals surface area contributed by atoms with Crippen molar-refractivity contribution in [1.82, 2.24) is 5.32 Å². The van der Waals surface area contributed by atoms with E-state index in [1.165, 1.54) is 50.5 Å². The summed E-state index contributed by atoms with van der Waals surface area (Å²) in [5, 5.41) is 4.69. The fourth-order valence-corrected chi connectivity index (χ4v) is 4.09. The second kappa shape index (κ2) is 5.46. The van der Waals surface area contributed by atoms with Crippen LogP contribution in [0.2, 0.25) is 5.02 Å². The first-order valence-corrected chi connectivity index (χ1v) is 8.09. The molecular formula is C17H24ClN. The molecule has 1 nitrogen and oxygen atoms in total. The molecule has 0 bridgehead atoms. The van der Waals surface area contributed by atoms with Gasteiger partial charge in [0, 0.05) is 17.1 Å². The van der Waals surface area contributed by atoms with Gasteiger partial charge >= 0.3 is 0 Å². The average molecular weight is 278 g/mol. The third-order valence-corrected chi connectivity index (χ3v) is 5.59. The smallest absolute Gasteiger partial charge is 0.0406 e. The lowest BCUT2D eigenvalue weighted by molar-refractivity contribution is 0.0174. The molecule has 1 aromatic rings. The van der Waals surface area contributed by atoms with Crippen LogP contribution >= 0.6 is 11.6 Å². The van der Waals surface area contributed by atoms with E-state index in [1.54, 1.807) is 0 Å². The lowest BCUT2D eigenvalue weighted by Gasteiger charge is -2.53. The molecular weight excluding hydrogens is 254 g/mol. The topological polar surface area (TPSA) is 12.0 Å². The van der Waals surface area contributed by atoms with Crippen LogP contribution in [0.4, 0.5) is 0 Å². The molecule has 0 amide bonds. The maximum absolute atomic E-state index is 5.96. The van der Waals surface area contributed by atoms with Crippen LogP contribution in [0.1, 0.15) is 63.5 Å². The van der Waals surface area contributed by atoms with Crippen molar-refractivity contribution in [3.05, 3.63) is 34.9 Å². The zero-order valence-corrected chi connectivity index (χ0v) is 12.5. The van der Waals surface area contributed by atoms with Crippen molar-refractivity contribution in [3.8, 4) is 0 Å². The highest BCUT2D eigenvalue weighted by molar-refractivity contribution is 6.30. The molecule has 2 saturated carbocycles. The van der Waals surface area contributed by atoms with Gasteiger partial charge < -0.3 is 5.32 Å². The summed E-state index contributed by atoms with van der Waals surface area (Å²) in [6.45, 7) is 2.28. The Morgan fingerprint density at radius 2 is 1.79 bits per heavy atom. The molecule has 2 heteroatoms. The molecule has 0 radical (unpaired) electrons. The van der Waals surface area contributed by atoms with Crippen molar-refractivity contribution in [2.24, 2.45) is 5.41 Å². The minimum Gasteiger partial charge on any atom is -0.307 e. The molecule has 2 atom stereocenters. The van der Waals surface area contributed by atoms with Gasteiger partial charge in [-0.2, -0.15) is 0 Å². The van der Waals surface area contributed by atoms with Crippen LogP contribution in [0.5, 0.6) is 0 Å². The van der Waals surface area contributed by atoms with Gasteiger partial charge in [-0.25, -0.2) is 0 Å². The van der Waals surface area contributed by atoms with Crippen LogP contribution in [0.15, 0.2) is 24.3 Å². The lowest BCUT2D eigenvalue weighted by atomic mass is 9.57. The van der Waals surface area contributed by atoms with Gasteiger partial charge in [-0.15, -0.1) is 0 Å². The van der Waals surface area contributed by atoms with E-state index in [9.17, 15) is 0 Å². The first-order chi connectivity index (χ1) is 9.20. The summed E-state index contributed by atoms with van der Waals surface area (Å²) < 4.78 is 0. The monoisotopic (exact) mass is 277 g/mol. The van der Waals surface area contributed by atoms with E-state index < -0.39 is 0 Å². The summed E-state index contributed by atoms with van der Waals surface area (Å²) in [5.41, 5.74) is 1.99. The van der Waals surface area contributed by atoms with Crippen LogP contribution in [-0.2, 0) is 0 Å². The van der Waals surface area contributed by atoms with Gasteiger partial charge in [-0.1, -0.05) is 43.0 Å². The van der Waals surface area contributed by atoms with Gasteiger partial charge in [-0.05, 0) is 55.7 Å². The summed E-state index contributed by atoms with van der Waals surface area (Å²) in [5.74, 6) is 0. The van der Waals surface area contributed by atoms with Crippen LogP contribution in [0.25, 0.3) is 0 Å². The maximum atomic E-state index is 5.96. The SMILES string of the molecule is C[C@H](NC1CCC12CCCCC2)c1ccc(Cl)cc1. The highest BCUT2D eigenvalue weighted by Gasteiger charge is 2.46. The van der Waals surface area contributed by atoms with Gasteiger partial charge in [0.1, 0.15) is 0 Å². The number of nitrogens with one attached hydrogen (secondary N) is 1. The highest BCUT2D eigenvalue weighted by Crippen LogP contribution is 2.52. The second-order valence-corrected chi connectivity index (χ2v) is 6.89. The molecule has 3 rings (SSSR count). The molecule has 104 valence electrons. The quantitative estimate of drug-likeness (QED) is 0.810. The molecule has 2 fully saturated rings. The molecule has 0 heterocycles. The predicted molar refractivity (Wildman–Crippen MR) is 81.5 cm³/mol. The number of halogens is 1. The minimum absolute atomic E-state index is 0.432. The predicted octanol–water partition coefficient (Wildman–Crippen LogP) is 5.10. The standard InChI is InChI=1S/C17H24ClN/c1-13(14-5-7-15(18)8-6-14)19-16-9-12-17(16)10-3-2-4-11-17/h5-8,13,16,19H,2-4,9-12H2,1H3/t13-,16?/m0/s1. The maximum Gasteiger partial charge on any atom is 0.0406 e. The minimum atomic E-state index is 0.432. The van der Waals surface area contributed by atoms with Crippen LogP contribution in [0.3, 0.4) is 0 Å². The van der Waals surface area contributed by atoms with E-state index in [4.69, 9.17) is 11.6 Å². The molecule has 1 unspecified atom stereocenters. The Hall–Kier alpha value is -0.530. The number of rotatable bonds is 3. The molecule has 2 aliphatic rings. The van der Waals surface area contributed by atoms with E-state index in [-0.39, 0.29) is 0 Å². The molecule has 0 aromatic heterocycles. The number of hydrogen-bond donors (Lipinski definition) is 1. The third kappa shape index (κ3) is 2.68. The summed E-state index contributed by atoms with van der Waals surface area (Å²) in [6, 6.07) is 9.44. The molecule has 1 spiro atoms. The normalized spacial score (nSPS) is 26.9. The van der Waals surface area contributed by atoms with Crippen molar-refractivity contribution >= 4 is 11.6 Å². The summed E-state index contributed by atoms with van der Waals surface area (Å²) in [4.78, 5) is 0. The average Bonchev–Trinajstić information content (AvgIpc) is 2.45. The van der Waals surface area contributed by atoms with Crippen molar-refractivity contribution in [3.63, 3.8) is 0 Å². The number of hydrogen-bond acceptors (Lipinski definition) is 1. The van der Waals surface area contributed by atoms with Crippen molar-refractivity contribution in [2.45, 2.75) is 64.0 Å². The van der Waals surface area contributed by atoms with E-state index in [0.717, 1.165) is 11.1 Å². The molecule has 19 heavy (non-hydrogen) atoms. The van der Waals surface area contributed by atoms with Crippen molar-refractivity contribution in [1.29, 1.82) is 0 Å². The van der Waals surface area contributed by atoms with E-state index in [1.807, 2.05) is 12.1 Å². The van der Waals surface area contributed by atoms with Gasteiger partial charge in [0.25, 0.3) is 0 Å². The lowest BCUT2D eigenvalue weighted by Crippen LogP contribution is -2.54. The van der Waals surface area contributed by atoms with Crippen LogP contribution < -0.4 is 5.32 Å².